The van der Waals surface area contributed by atoms with E-state index in [4.69, 9.17) is 0 Å². The van der Waals surface area contributed by atoms with E-state index in [-0.39, 0.29) is 5.82 Å². The molecule has 1 aromatic heterocycles. The van der Waals surface area contributed by atoms with Gasteiger partial charge in [-0.05, 0) is 69.1 Å². The van der Waals surface area contributed by atoms with Crippen LogP contribution >= 0.6 is 0 Å². The average molecular weight is 345 g/mol. The Balaban J connectivity index is 1.39. The standard InChI is InChI=1S/C19H28FN5/c1-21-19(22-8-4-12-25-10-2-3-11-25)23-9-7-15-14-24-18-6-5-16(20)13-17(15)18/h5-6,13-14,24H,2-4,7-12H2,1H3,(H2,21,22,23). The maximum absolute atomic E-state index is 13.4. The summed E-state index contributed by atoms with van der Waals surface area (Å²) < 4.78 is 13.4. The van der Waals surface area contributed by atoms with Crippen molar-refractivity contribution in [2.24, 2.45) is 4.99 Å². The first-order chi connectivity index (χ1) is 12.3. The first kappa shape index (κ1) is 17.7. The van der Waals surface area contributed by atoms with E-state index in [1.54, 1.807) is 19.2 Å². The quantitative estimate of drug-likeness (QED) is 0.411. The molecule has 6 heteroatoms. The highest BCUT2D eigenvalue weighted by atomic mass is 19.1. The van der Waals surface area contributed by atoms with Gasteiger partial charge in [0, 0.05) is 37.2 Å². The summed E-state index contributed by atoms with van der Waals surface area (Å²) in [5, 5.41) is 7.65. The van der Waals surface area contributed by atoms with Crippen molar-refractivity contribution < 1.29 is 4.39 Å². The molecule has 1 aliphatic rings. The van der Waals surface area contributed by atoms with Crippen molar-refractivity contribution in [1.82, 2.24) is 20.5 Å². The molecule has 0 bridgehead atoms. The number of aromatic nitrogens is 1. The largest absolute Gasteiger partial charge is 0.361 e. The van der Waals surface area contributed by atoms with Crippen LogP contribution in [0.5, 0.6) is 0 Å². The van der Waals surface area contributed by atoms with Crippen LogP contribution in [-0.4, -0.2) is 55.6 Å². The van der Waals surface area contributed by atoms with Crippen molar-refractivity contribution in [1.29, 1.82) is 0 Å². The minimum absolute atomic E-state index is 0.197. The van der Waals surface area contributed by atoms with Gasteiger partial charge >= 0.3 is 0 Å². The maximum Gasteiger partial charge on any atom is 0.190 e. The van der Waals surface area contributed by atoms with Crippen molar-refractivity contribution in [2.45, 2.75) is 25.7 Å². The average Bonchev–Trinajstić information content (AvgIpc) is 3.27. The Morgan fingerprint density at radius 2 is 2.04 bits per heavy atom. The summed E-state index contributed by atoms with van der Waals surface area (Å²) in [6.07, 6.45) is 6.58. The van der Waals surface area contributed by atoms with Crippen molar-refractivity contribution in [3.63, 3.8) is 0 Å². The van der Waals surface area contributed by atoms with Crippen LogP contribution in [0, 0.1) is 5.82 Å². The van der Waals surface area contributed by atoms with Crippen LogP contribution in [0.25, 0.3) is 10.9 Å². The Labute approximate surface area is 148 Å². The Morgan fingerprint density at radius 3 is 2.84 bits per heavy atom. The SMILES string of the molecule is CN=C(NCCCN1CCCC1)NCCc1c[nH]c2ccc(F)cc12. The highest BCUT2D eigenvalue weighted by Gasteiger charge is 2.10. The number of aromatic amines is 1. The van der Waals surface area contributed by atoms with Crippen molar-refractivity contribution in [2.75, 3.05) is 39.8 Å². The number of rotatable bonds is 7. The summed E-state index contributed by atoms with van der Waals surface area (Å²) in [6, 6.07) is 4.85. The Hall–Kier alpha value is -2.08. The Kier molecular flexibility index (Phi) is 6.28. The van der Waals surface area contributed by atoms with E-state index in [2.05, 4.69) is 25.5 Å². The second-order valence-electron chi connectivity index (χ2n) is 6.58. The molecule has 1 saturated heterocycles. The first-order valence-electron chi connectivity index (χ1n) is 9.18. The van der Waals surface area contributed by atoms with Crippen LogP contribution in [-0.2, 0) is 6.42 Å². The second kappa shape index (κ2) is 8.85. The lowest BCUT2D eigenvalue weighted by Gasteiger charge is -2.15. The molecule has 2 heterocycles. The molecule has 0 saturated carbocycles. The lowest BCUT2D eigenvalue weighted by atomic mass is 10.1. The number of nitrogens with one attached hydrogen (secondary N) is 3. The highest BCUT2D eigenvalue weighted by molar-refractivity contribution is 5.83. The summed E-state index contributed by atoms with van der Waals surface area (Å²) in [5.41, 5.74) is 2.09. The minimum atomic E-state index is -0.197. The smallest absolute Gasteiger partial charge is 0.190 e. The van der Waals surface area contributed by atoms with E-state index < -0.39 is 0 Å². The Morgan fingerprint density at radius 1 is 1.24 bits per heavy atom. The van der Waals surface area contributed by atoms with Crippen molar-refractivity contribution >= 4 is 16.9 Å². The molecule has 25 heavy (non-hydrogen) atoms. The summed E-state index contributed by atoms with van der Waals surface area (Å²) >= 11 is 0. The van der Waals surface area contributed by atoms with Crippen LogP contribution in [0.15, 0.2) is 29.4 Å². The van der Waals surface area contributed by atoms with Gasteiger partial charge in [0.25, 0.3) is 0 Å². The van der Waals surface area contributed by atoms with Gasteiger partial charge in [-0.15, -0.1) is 0 Å². The third-order valence-corrected chi connectivity index (χ3v) is 4.78. The zero-order valence-corrected chi connectivity index (χ0v) is 14.9. The van der Waals surface area contributed by atoms with Gasteiger partial charge < -0.3 is 20.5 Å². The predicted octanol–water partition coefficient (Wildman–Crippen LogP) is 2.50. The van der Waals surface area contributed by atoms with Gasteiger partial charge in [0.05, 0.1) is 0 Å². The predicted molar refractivity (Wildman–Crippen MR) is 102 cm³/mol. The van der Waals surface area contributed by atoms with E-state index in [1.165, 1.54) is 32.0 Å². The number of H-pyrrole nitrogens is 1. The molecule has 0 atom stereocenters. The van der Waals surface area contributed by atoms with Gasteiger partial charge in [0.2, 0.25) is 0 Å². The number of guanidine groups is 1. The van der Waals surface area contributed by atoms with E-state index in [1.807, 2.05) is 6.20 Å². The molecule has 5 nitrogen and oxygen atoms in total. The van der Waals surface area contributed by atoms with Gasteiger partial charge in [0.15, 0.2) is 5.96 Å². The number of aliphatic imine (C=N–C) groups is 1. The molecule has 136 valence electrons. The number of hydrogen-bond donors (Lipinski definition) is 3. The molecule has 1 fully saturated rings. The normalized spacial score (nSPS) is 15.8. The number of benzene rings is 1. The third kappa shape index (κ3) is 4.95. The van der Waals surface area contributed by atoms with Crippen molar-refractivity contribution in [3.05, 3.63) is 35.8 Å². The van der Waals surface area contributed by atoms with Crippen LogP contribution in [0.4, 0.5) is 4.39 Å². The summed E-state index contributed by atoms with van der Waals surface area (Å²) in [7, 11) is 1.79. The fourth-order valence-corrected chi connectivity index (χ4v) is 3.41. The van der Waals surface area contributed by atoms with Crippen LogP contribution in [0.1, 0.15) is 24.8 Å². The van der Waals surface area contributed by atoms with E-state index >= 15 is 0 Å². The number of halogens is 1. The molecule has 2 aromatic rings. The zero-order valence-electron chi connectivity index (χ0n) is 14.9. The maximum atomic E-state index is 13.4. The van der Waals surface area contributed by atoms with Gasteiger partial charge in [-0.1, -0.05) is 0 Å². The molecule has 3 N–H and O–H groups in total. The fourth-order valence-electron chi connectivity index (χ4n) is 3.41. The van der Waals surface area contributed by atoms with Crippen LogP contribution < -0.4 is 10.6 Å². The van der Waals surface area contributed by atoms with Gasteiger partial charge in [-0.2, -0.15) is 0 Å². The molecule has 0 spiro atoms. The van der Waals surface area contributed by atoms with E-state index in [9.17, 15) is 4.39 Å². The molecule has 0 amide bonds. The number of hydrogen-bond acceptors (Lipinski definition) is 2. The lowest BCUT2D eigenvalue weighted by molar-refractivity contribution is 0.334. The molecular weight excluding hydrogens is 317 g/mol. The second-order valence-corrected chi connectivity index (χ2v) is 6.58. The Bertz CT molecular complexity index is 703. The highest BCUT2D eigenvalue weighted by Crippen LogP contribution is 2.19. The van der Waals surface area contributed by atoms with Crippen molar-refractivity contribution in [3.8, 4) is 0 Å². The summed E-state index contributed by atoms with van der Waals surface area (Å²) in [5.74, 6) is 0.629. The van der Waals surface area contributed by atoms with E-state index in [0.29, 0.717) is 0 Å². The van der Waals surface area contributed by atoms with E-state index in [0.717, 1.165) is 54.9 Å². The molecule has 1 aliphatic heterocycles. The number of fused-ring (bicyclic) bond motifs is 1. The first-order valence-corrected chi connectivity index (χ1v) is 9.18. The van der Waals surface area contributed by atoms with Gasteiger partial charge in [-0.3, -0.25) is 4.99 Å². The summed E-state index contributed by atoms with van der Waals surface area (Å²) in [6.45, 7) is 5.34. The number of likely N-dealkylation sites (tertiary alicyclic amines) is 1. The third-order valence-electron chi connectivity index (χ3n) is 4.78. The zero-order chi connectivity index (χ0) is 17.5. The van der Waals surface area contributed by atoms with Gasteiger partial charge in [0.1, 0.15) is 5.82 Å². The molecule has 1 aromatic carbocycles. The molecular formula is C19H28FN5. The fraction of sp³-hybridized carbons (Fsp3) is 0.526. The topological polar surface area (TPSA) is 55.5 Å². The lowest BCUT2D eigenvalue weighted by Crippen LogP contribution is -2.39. The van der Waals surface area contributed by atoms with Crippen LogP contribution in [0.2, 0.25) is 0 Å². The molecule has 0 aliphatic carbocycles. The molecule has 0 radical (unpaired) electrons. The molecule has 3 rings (SSSR count). The molecule has 0 unspecified atom stereocenters. The summed E-state index contributed by atoms with van der Waals surface area (Å²) in [4.78, 5) is 9.98. The number of nitrogens with zero attached hydrogens (tertiary/aromatic N) is 2. The van der Waals surface area contributed by atoms with Gasteiger partial charge in [-0.25, -0.2) is 4.39 Å². The minimum Gasteiger partial charge on any atom is -0.361 e. The van der Waals surface area contributed by atoms with Crippen LogP contribution in [0.3, 0.4) is 0 Å². The monoisotopic (exact) mass is 345 g/mol.